The number of imidazole rings is 1. The maximum Gasteiger partial charge on any atom is 0.293 e. The van der Waals surface area contributed by atoms with E-state index in [2.05, 4.69) is 4.98 Å². The molecule has 2 aromatic rings. The van der Waals surface area contributed by atoms with Gasteiger partial charge in [-0.1, -0.05) is 0 Å². The third-order valence-corrected chi connectivity index (χ3v) is 2.31. The van der Waals surface area contributed by atoms with Crippen LogP contribution in [0.2, 0.25) is 0 Å². The van der Waals surface area contributed by atoms with E-state index in [1.165, 1.54) is 6.07 Å². The zero-order valence-corrected chi connectivity index (χ0v) is 9.57. The van der Waals surface area contributed by atoms with Crippen LogP contribution in [0.5, 0.6) is 0 Å². The van der Waals surface area contributed by atoms with Gasteiger partial charge in [-0.3, -0.25) is 14.5 Å². The molecule has 0 saturated carbocycles. The summed E-state index contributed by atoms with van der Waals surface area (Å²) >= 11 is 0. The minimum Gasteiger partial charge on any atom is -0.383 e. The molecule has 0 saturated heterocycles. The van der Waals surface area contributed by atoms with Crippen LogP contribution in [0.4, 0.5) is 5.69 Å². The number of nitrogens with zero attached hydrogens (tertiary/aromatic N) is 4. The highest BCUT2D eigenvalue weighted by Crippen LogP contribution is 2.21. The lowest BCUT2D eigenvalue weighted by Gasteiger charge is -2.05. The molecule has 0 fully saturated rings. The number of hydrogen-bond acceptors (Lipinski definition) is 4. The van der Waals surface area contributed by atoms with Gasteiger partial charge in [0.05, 0.1) is 4.92 Å². The van der Waals surface area contributed by atoms with Crippen LogP contribution in [0.3, 0.4) is 0 Å². The van der Waals surface area contributed by atoms with Crippen molar-refractivity contribution in [2.75, 3.05) is 14.1 Å². The standard InChI is InChI=1S/C11H12N4O2/c1-13(2)7-5-9-10(15(16)17)3-4-11-12-6-8-14(9)11/h3-8H,1-2H3/b7-5+. The highest BCUT2D eigenvalue weighted by atomic mass is 16.6. The molecule has 0 N–H and O–H groups in total. The van der Waals surface area contributed by atoms with Crippen molar-refractivity contribution in [2.24, 2.45) is 0 Å². The minimum atomic E-state index is -0.394. The molecular weight excluding hydrogens is 220 g/mol. The third kappa shape index (κ3) is 2.10. The average molecular weight is 232 g/mol. The second kappa shape index (κ2) is 4.25. The lowest BCUT2D eigenvalue weighted by molar-refractivity contribution is -0.385. The summed E-state index contributed by atoms with van der Waals surface area (Å²) < 4.78 is 1.69. The Morgan fingerprint density at radius 1 is 1.47 bits per heavy atom. The van der Waals surface area contributed by atoms with E-state index in [0.717, 1.165) is 0 Å². The number of rotatable bonds is 3. The molecule has 0 spiro atoms. The Labute approximate surface area is 98.0 Å². The fourth-order valence-corrected chi connectivity index (χ4v) is 1.54. The summed E-state index contributed by atoms with van der Waals surface area (Å²) in [4.78, 5) is 16.5. The molecule has 0 aliphatic heterocycles. The molecule has 0 bridgehead atoms. The summed E-state index contributed by atoms with van der Waals surface area (Å²) in [6, 6.07) is 3.10. The van der Waals surface area contributed by atoms with E-state index in [0.29, 0.717) is 11.3 Å². The summed E-state index contributed by atoms with van der Waals surface area (Å²) in [6.07, 6.45) is 6.79. The van der Waals surface area contributed by atoms with Gasteiger partial charge in [-0.05, 0) is 12.1 Å². The Hall–Kier alpha value is -2.37. The van der Waals surface area contributed by atoms with Crippen molar-refractivity contribution in [2.45, 2.75) is 0 Å². The van der Waals surface area contributed by atoms with Gasteiger partial charge >= 0.3 is 0 Å². The van der Waals surface area contributed by atoms with Crippen molar-refractivity contribution >= 4 is 17.4 Å². The minimum absolute atomic E-state index is 0.0635. The molecule has 0 aliphatic rings. The van der Waals surface area contributed by atoms with E-state index in [4.69, 9.17) is 0 Å². The Morgan fingerprint density at radius 2 is 2.24 bits per heavy atom. The molecule has 6 heteroatoms. The van der Waals surface area contributed by atoms with Crippen molar-refractivity contribution < 1.29 is 4.92 Å². The van der Waals surface area contributed by atoms with Gasteiger partial charge in [0.15, 0.2) is 0 Å². The Kier molecular flexibility index (Phi) is 2.78. The van der Waals surface area contributed by atoms with Gasteiger partial charge in [0.25, 0.3) is 5.69 Å². The zero-order chi connectivity index (χ0) is 12.4. The molecule has 0 radical (unpaired) electrons. The topological polar surface area (TPSA) is 63.7 Å². The molecule has 6 nitrogen and oxygen atoms in total. The normalized spacial score (nSPS) is 11.2. The molecule has 0 aromatic carbocycles. The first-order valence-corrected chi connectivity index (χ1v) is 5.04. The maximum absolute atomic E-state index is 11.0. The third-order valence-electron chi connectivity index (χ3n) is 2.31. The molecule has 0 amide bonds. The summed E-state index contributed by atoms with van der Waals surface area (Å²) in [5, 5.41) is 11.0. The Bertz CT molecular complexity index is 586. The Morgan fingerprint density at radius 3 is 2.88 bits per heavy atom. The van der Waals surface area contributed by atoms with E-state index in [-0.39, 0.29) is 5.69 Å². The molecular formula is C11H12N4O2. The molecule has 0 atom stereocenters. The fourth-order valence-electron chi connectivity index (χ4n) is 1.54. The van der Waals surface area contributed by atoms with E-state index in [1.54, 1.807) is 35.1 Å². The van der Waals surface area contributed by atoms with Crippen LogP contribution < -0.4 is 0 Å². The van der Waals surface area contributed by atoms with Crippen LogP contribution >= 0.6 is 0 Å². The number of hydrogen-bond donors (Lipinski definition) is 0. The maximum atomic E-state index is 11.0. The first kappa shape index (κ1) is 11.1. The van der Waals surface area contributed by atoms with Gasteiger partial charge in [-0.15, -0.1) is 0 Å². The molecule has 88 valence electrons. The molecule has 2 aromatic heterocycles. The molecule has 0 aliphatic carbocycles. The van der Waals surface area contributed by atoms with Crippen molar-refractivity contribution in [3.05, 3.63) is 46.5 Å². The number of fused-ring (bicyclic) bond motifs is 1. The van der Waals surface area contributed by atoms with Gasteiger partial charge in [-0.2, -0.15) is 0 Å². The van der Waals surface area contributed by atoms with Crippen LogP contribution in [0.25, 0.3) is 11.7 Å². The highest BCUT2D eigenvalue weighted by Gasteiger charge is 2.14. The van der Waals surface area contributed by atoms with Crippen LogP contribution in [0, 0.1) is 10.1 Å². The second-order valence-corrected chi connectivity index (χ2v) is 3.80. The van der Waals surface area contributed by atoms with Gasteiger partial charge < -0.3 is 4.90 Å². The van der Waals surface area contributed by atoms with Gasteiger partial charge in [-0.25, -0.2) is 4.98 Å². The van der Waals surface area contributed by atoms with Crippen LogP contribution in [-0.4, -0.2) is 33.3 Å². The predicted octanol–water partition coefficient (Wildman–Crippen LogP) is 1.77. The van der Waals surface area contributed by atoms with E-state index in [1.807, 2.05) is 19.0 Å². The summed E-state index contributed by atoms with van der Waals surface area (Å²) in [6.45, 7) is 0. The quantitative estimate of drug-likeness (QED) is 0.597. The molecule has 2 rings (SSSR count). The molecule has 0 unspecified atom stereocenters. The second-order valence-electron chi connectivity index (χ2n) is 3.80. The average Bonchev–Trinajstić information content (AvgIpc) is 2.73. The van der Waals surface area contributed by atoms with Gasteiger partial charge in [0, 0.05) is 38.8 Å². The van der Waals surface area contributed by atoms with Gasteiger partial charge in [0.1, 0.15) is 11.3 Å². The zero-order valence-electron chi connectivity index (χ0n) is 9.57. The van der Waals surface area contributed by atoms with Crippen molar-refractivity contribution in [3.8, 4) is 0 Å². The number of aromatic nitrogens is 2. The van der Waals surface area contributed by atoms with Gasteiger partial charge in [0.2, 0.25) is 0 Å². The molecule has 17 heavy (non-hydrogen) atoms. The first-order chi connectivity index (χ1) is 8.09. The van der Waals surface area contributed by atoms with Crippen LogP contribution in [0.1, 0.15) is 5.69 Å². The predicted molar refractivity (Wildman–Crippen MR) is 64.6 cm³/mol. The van der Waals surface area contributed by atoms with E-state index in [9.17, 15) is 10.1 Å². The smallest absolute Gasteiger partial charge is 0.293 e. The lowest BCUT2D eigenvalue weighted by Crippen LogP contribution is -2.02. The van der Waals surface area contributed by atoms with Crippen molar-refractivity contribution in [3.63, 3.8) is 0 Å². The van der Waals surface area contributed by atoms with Crippen molar-refractivity contribution in [1.82, 2.24) is 14.3 Å². The number of nitro groups is 1. The fraction of sp³-hybridized carbons (Fsp3) is 0.182. The summed E-state index contributed by atoms with van der Waals surface area (Å²) in [5.74, 6) is 0. The highest BCUT2D eigenvalue weighted by molar-refractivity contribution is 5.62. The monoisotopic (exact) mass is 232 g/mol. The first-order valence-electron chi connectivity index (χ1n) is 5.04. The summed E-state index contributed by atoms with van der Waals surface area (Å²) in [7, 11) is 3.72. The number of pyridine rings is 1. The lowest BCUT2D eigenvalue weighted by atomic mass is 10.3. The van der Waals surface area contributed by atoms with Crippen LogP contribution in [-0.2, 0) is 0 Å². The summed E-state index contributed by atoms with van der Waals surface area (Å²) in [5.41, 5.74) is 1.27. The SMILES string of the molecule is CN(C)/C=C/c1c([N+](=O)[O-])ccc2nccn12. The largest absolute Gasteiger partial charge is 0.383 e. The molecule has 2 heterocycles. The van der Waals surface area contributed by atoms with Crippen LogP contribution in [0.15, 0.2) is 30.7 Å². The van der Waals surface area contributed by atoms with Crippen molar-refractivity contribution in [1.29, 1.82) is 0 Å². The van der Waals surface area contributed by atoms with E-state index >= 15 is 0 Å². The van der Waals surface area contributed by atoms with E-state index < -0.39 is 4.92 Å². The Balaban J connectivity index is 2.65.